The number of rotatable bonds is 6. The van der Waals surface area contributed by atoms with Crippen LogP contribution in [0, 0.1) is 11.7 Å². The highest BCUT2D eigenvalue weighted by atomic mass is 35.5. The molecule has 2 rings (SSSR count). The number of carbonyl (C=O) groups is 2. The Kier molecular flexibility index (Phi) is 8.71. The maximum absolute atomic E-state index is 12.8. The van der Waals surface area contributed by atoms with Crippen LogP contribution in [0.4, 0.5) is 4.39 Å². The number of benzene rings is 1. The minimum Gasteiger partial charge on any atom is -0.350 e. The van der Waals surface area contributed by atoms with Crippen molar-refractivity contribution in [2.24, 2.45) is 5.92 Å². The Labute approximate surface area is 148 Å². The van der Waals surface area contributed by atoms with Gasteiger partial charge < -0.3 is 15.5 Å². The Morgan fingerprint density at radius 2 is 1.88 bits per heavy atom. The molecule has 1 heterocycles. The fourth-order valence-electron chi connectivity index (χ4n) is 2.70. The molecule has 2 amide bonds. The molecule has 24 heavy (non-hydrogen) atoms. The molecule has 0 spiro atoms. The molecule has 1 aromatic carbocycles. The molecule has 2 N–H and O–H groups in total. The van der Waals surface area contributed by atoms with Gasteiger partial charge in [0.1, 0.15) is 5.82 Å². The van der Waals surface area contributed by atoms with Crippen molar-refractivity contribution in [3.8, 4) is 0 Å². The van der Waals surface area contributed by atoms with Crippen LogP contribution in [0.5, 0.6) is 0 Å². The number of hydrogen-bond donors (Lipinski definition) is 2. The molecular weight excluding hydrogens is 333 g/mol. The van der Waals surface area contributed by atoms with Gasteiger partial charge in [-0.05, 0) is 50.6 Å². The van der Waals surface area contributed by atoms with Crippen molar-refractivity contribution in [3.05, 3.63) is 35.6 Å². The number of nitrogens with zero attached hydrogens (tertiary/aromatic N) is 1. The van der Waals surface area contributed by atoms with Gasteiger partial charge in [-0.3, -0.25) is 9.59 Å². The molecule has 7 heteroatoms. The van der Waals surface area contributed by atoms with Gasteiger partial charge in [0.2, 0.25) is 11.8 Å². The zero-order valence-electron chi connectivity index (χ0n) is 13.9. The number of likely N-dealkylation sites (N-methyl/N-ethyl adjacent to an activating group) is 1. The molecule has 134 valence electrons. The second-order valence-electron chi connectivity index (χ2n) is 5.78. The molecule has 0 radical (unpaired) electrons. The van der Waals surface area contributed by atoms with Crippen LogP contribution < -0.4 is 10.6 Å². The lowest BCUT2D eigenvalue weighted by Crippen LogP contribution is -2.45. The molecule has 0 atom stereocenters. The average molecular weight is 358 g/mol. The van der Waals surface area contributed by atoms with Crippen LogP contribution in [0.25, 0.3) is 0 Å². The highest BCUT2D eigenvalue weighted by Crippen LogP contribution is 2.15. The van der Waals surface area contributed by atoms with Crippen molar-refractivity contribution in [2.75, 3.05) is 26.2 Å². The van der Waals surface area contributed by atoms with Gasteiger partial charge in [0.25, 0.3) is 0 Å². The predicted octanol–water partition coefficient (Wildman–Crippen LogP) is 1.71. The van der Waals surface area contributed by atoms with Crippen LogP contribution in [-0.4, -0.2) is 42.9 Å². The molecule has 1 saturated heterocycles. The third kappa shape index (κ3) is 6.09. The standard InChI is InChI=1S/C17H24FN3O2.ClH/c1-2-21(17(23)14-7-9-19-10-8-14)12-16(22)20-11-13-3-5-15(18)6-4-13;/h3-6,14,19H,2,7-12H2,1H3,(H,20,22);1H. The SMILES string of the molecule is CCN(CC(=O)NCc1ccc(F)cc1)C(=O)C1CCNCC1.Cl. The maximum atomic E-state index is 12.8. The Hall–Kier alpha value is -1.66. The lowest BCUT2D eigenvalue weighted by atomic mass is 9.96. The Balaban J connectivity index is 0.00000288. The van der Waals surface area contributed by atoms with Gasteiger partial charge >= 0.3 is 0 Å². The van der Waals surface area contributed by atoms with Crippen LogP contribution in [0.15, 0.2) is 24.3 Å². The van der Waals surface area contributed by atoms with E-state index in [9.17, 15) is 14.0 Å². The average Bonchev–Trinajstić information content (AvgIpc) is 2.59. The first kappa shape index (κ1) is 20.4. The van der Waals surface area contributed by atoms with E-state index in [0.717, 1.165) is 31.5 Å². The Bertz CT molecular complexity index is 533. The molecular formula is C17H25ClFN3O2. The summed E-state index contributed by atoms with van der Waals surface area (Å²) in [6, 6.07) is 5.99. The highest BCUT2D eigenvalue weighted by Gasteiger charge is 2.26. The van der Waals surface area contributed by atoms with Crippen LogP contribution >= 0.6 is 12.4 Å². The van der Waals surface area contributed by atoms with Gasteiger partial charge in [-0.15, -0.1) is 12.4 Å². The molecule has 0 aromatic heterocycles. The van der Waals surface area contributed by atoms with E-state index in [4.69, 9.17) is 0 Å². The van der Waals surface area contributed by atoms with Gasteiger partial charge in [-0.2, -0.15) is 0 Å². The lowest BCUT2D eigenvalue weighted by molar-refractivity contribution is -0.140. The summed E-state index contributed by atoms with van der Waals surface area (Å²) in [4.78, 5) is 26.1. The van der Waals surface area contributed by atoms with Gasteiger partial charge in [-0.25, -0.2) is 4.39 Å². The molecule has 5 nitrogen and oxygen atoms in total. The molecule has 0 bridgehead atoms. The highest BCUT2D eigenvalue weighted by molar-refractivity contribution is 5.86. The fourth-order valence-corrected chi connectivity index (χ4v) is 2.70. The van der Waals surface area contributed by atoms with Crippen LogP contribution in [-0.2, 0) is 16.1 Å². The minimum atomic E-state index is -0.301. The first-order valence-corrected chi connectivity index (χ1v) is 8.10. The Morgan fingerprint density at radius 1 is 1.25 bits per heavy atom. The molecule has 1 aromatic rings. The zero-order chi connectivity index (χ0) is 16.7. The van der Waals surface area contributed by atoms with Crippen molar-refractivity contribution < 1.29 is 14.0 Å². The van der Waals surface area contributed by atoms with E-state index < -0.39 is 0 Å². The third-order valence-corrected chi connectivity index (χ3v) is 4.12. The number of amides is 2. The summed E-state index contributed by atoms with van der Waals surface area (Å²) in [5, 5.41) is 6.01. The Morgan fingerprint density at radius 3 is 2.46 bits per heavy atom. The first-order chi connectivity index (χ1) is 11.1. The van der Waals surface area contributed by atoms with Gasteiger partial charge in [0.05, 0.1) is 6.54 Å². The number of halogens is 2. The van der Waals surface area contributed by atoms with Crippen LogP contribution in [0.3, 0.4) is 0 Å². The van der Waals surface area contributed by atoms with Crippen molar-refractivity contribution in [3.63, 3.8) is 0 Å². The number of hydrogen-bond acceptors (Lipinski definition) is 3. The van der Waals surface area contributed by atoms with E-state index >= 15 is 0 Å². The van der Waals surface area contributed by atoms with E-state index in [-0.39, 0.29) is 42.5 Å². The molecule has 0 unspecified atom stereocenters. The second kappa shape index (κ2) is 10.3. The van der Waals surface area contributed by atoms with E-state index in [1.54, 1.807) is 17.0 Å². The summed E-state index contributed by atoms with van der Waals surface area (Å²) in [6.07, 6.45) is 1.65. The summed E-state index contributed by atoms with van der Waals surface area (Å²) in [6.45, 7) is 4.51. The normalized spacial score (nSPS) is 14.6. The predicted molar refractivity (Wildman–Crippen MR) is 93.3 cm³/mol. The van der Waals surface area contributed by atoms with Gasteiger partial charge in [0, 0.05) is 19.0 Å². The summed E-state index contributed by atoms with van der Waals surface area (Å²) < 4.78 is 12.8. The van der Waals surface area contributed by atoms with Crippen molar-refractivity contribution in [1.29, 1.82) is 0 Å². The van der Waals surface area contributed by atoms with E-state index in [1.165, 1.54) is 12.1 Å². The topological polar surface area (TPSA) is 61.4 Å². The van der Waals surface area contributed by atoms with Crippen LogP contribution in [0.2, 0.25) is 0 Å². The van der Waals surface area contributed by atoms with Crippen molar-refractivity contribution in [1.82, 2.24) is 15.5 Å². The molecule has 1 aliphatic rings. The summed E-state index contributed by atoms with van der Waals surface area (Å²) >= 11 is 0. The minimum absolute atomic E-state index is 0. The maximum Gasteiger partial charge on any atom is 0.239 e. The summed E-state index contributed by atoms with van der Waals surface area (Å²) in [5.41, 5.74) is 0.826. The monoisotopic (exact) mass is 357 g/mol. The zero-order valence-corrected chi connectivity index (χ0v) is 14.7. The first-order valence-electron chi connectivity index (χ1n) is 8.10. The number of nitrogens with one attached hydrogen (secondary N) is 2. The van der Waals surface area contributed by atoms with Crippen LogP contribution in [0.1, 0.15) is 25.3 Å². The van der Waals surface area contributed by atoms with Crippen molar-refractivity contribution >= 4 is 24.2 Å². The van der Waals surface area contributed by atoms with E-state index in [2.05, 4.69) is 10.6 Å². The number of carbonyl (C=O) groups excluding carboxylic acids is 2. The fraction of sp³-hybridized carbons (Fsp3) is 0.529. The lowest BCUT2D eigenvalue weighted by Gasteiger charge is -2.28. The van der Waals surface area contributed by atoms with E-state index in [1.807, 2.05) is 6.92 Å². The van der Waals surface area contributed by atoms with E-state index in [0.29, 0.717) is 13.1 Å². The molecule has 1 fully saturated rings. The largest absolute Gasteiger partial charge is 0.350 e. The summed E-state index contributed by atoms with van der Waals surface area (Å²) in [5.74, 6) is -0.421. The van der Waals surface area contributed by atoms with Gasteiger partial charge in [-0.1, -0.05) is 12.1 Å². The summed E-state index contributed by atoms with van der Waals surface area (Å²) in [7, 11) is 0. The number of piperidine rings is 1. The smallest absolute Gasteiger partial charge is 0.239 e. The second-order valence-corrected chi connectivity index (χ2v) is 5.78. The van der Waals surface area contributed by atoms with Crippen molar-refractivity contribution in [2.45, 2.75) is 26.3 Å². The van der Waals surface area contributed by atoms with Gasteiger partial charge in [0.15, 0.2) is 0 Å². The molecule has 0 saturated carbocycles. The quantitative estimate of drug-likeness (QED) is 0.814. The molecule has 1 aliphatic heterocycles. The molecule has 0 aliphatic carbocycles. The third-order valence-electron chi connectivity index (χ3n) is 4.12.